The highest BCUT2D eigenvalue weighted by Gasteiger charge is 2.14. The van der Waals surface area contributed by atoms with Gasteiger partial charge in [-0.2, -0.15) is 5.10 Å². The number of carbonyl (C=O) groups excluding carboxylic acids is 1. The van der Waals surface area contributed by atoms with Gasteiger partial charge in [-0.25, -0.2) is 0 Å². The minimum absolute atomic E-state index is 0.375. The van der Waals surface area contributed by atoms with Gasteiger partial charge >= 0.3 is 0 Å². The van der Waals surface area contributed by atoms with Gasteiger partial charge in [0.2, 0.25) is 5.82 Å². The lowest BCUT2D eigenvalue weighted by Crippen LogP contribution is -1.84. The summed E-state index contributed by atoms with van der Waals surface area (Å²) in [4.78, 5) is 10.5. The summed E-state index contributed by atoms with van der Waals surface area (Å²) >= 11 is 0. The molecule has 0 aromatic carbocycles. The predicted molar refractivity (Wildman–Crippen MR) is 28.0 cm³/mol. The fourth-order valence-corrected chi connectivity index (χ4v) is 0.287. The van der Waals surface area contributed by atoms with E-state index >= 15 is 0 Å². The first-order valence-corrected chi connectivity index (χ1v) is 2.27. The van der Waals surface area contributed by atoms with E-state index in [1.54, 1.807) is 11.0 Å². The van der Waals surface area contributed by atoms with Crippen LogP contribution in [0.15, 0.2) is 6.20 Å². The van der Waals surface area contributed by atoms with Gasteiger partial charge in [-0.3, -0.25) is 4.79 Å². The number of fused-ring (bicyclic) bond motifs is 1. The Bertz CT molecular complexity index is 183. The largest absolute Gasteiger partial charge is 0.471 e. The van der Waals surface area contributed by atoms with Crippen LogP contribution in [0.2, 0.25) is 0 Å². The SMILES string of the molecule is COC=O.c1nn2nc1-2. The van der Waals surface area contributed by atoms with Crippen molar-refractivity contribution in [3.8, 4) is 5.82 Å². The molecule has 0 saturated carbocycles. The van der Waals surface area contributed by atoms with E-state index in [-0.39, 0.29) is 0 Å². The molecule has 9 heavy (non-hydrogen) atoms. The second-order valence-electron chi connectivity index (χ2n) is 1.32. The van der Waals surface area contributed by atoms with Crippen molar-refractivity contribution in [3.05, 3.63) is 6.20 Å². The quantitative estimate of drug-likeness (QED) is 0.478. The monoisotopic (exact) mass is 127 g/mol. The average molecular weight is 127 g/mol. The summed E-state index contributed by atoms with van der Waals surface area (Å²) in [5.41, 5.74) is 0. The Kier molecular flexibility index (Phi) is 1.44. The molecule has 0 aromatic rings. The van der Waals surface area contributed by atoms with E-state index in [0.29, 0.717) is 6.47 Å². The second-order valence-corrected chi connectivity index (χ2v) is 1.32. The van der Waals surface area contributed by atoms with Crippen molar-refractivity contribution in [2.24, 2.45) is 0 Å². The predicted octanol–water partition coefficient (Wildman–Crippen LogP) is -0.630. The fourth-order valence-electron chi connectivity index (χ4n) is 0.287. The molecule has 0 unspecified atom stereocenters. The molecular formula is C4H5N3O2. The normalized spacial score (nSPS) is 9.00. The summed E-state index contributed by atoms with van der Waals surface area (Å²) < 4.78 is 3.86. The number of rotatable bonds is 1. The van der Waals surface area contributed by atoms with Gasteiger partial charge in [0.25, 0.3) is 6.47 Å². The van der Waals surface area contributed by atoms with Gasteiger partial charge in [-0.05, 0) is 0 Å². The molecular weight excluding hydrogens is 122 g/mol. The molecule has 0 aromatic heterocycles. The van der Waals surface area contributed by atoms with Gasteiger partial charge in [0.15, 0.2) is 0 Å². The van der Waals surface area contributed by atoms with E-state index in [1.807, 2.05) is 0 Å². The first-order chi connectivity index (χ1) is 4.38. The summed E-state index contributed by atoms with van der Waals surface area (Å²) in [6, 6.07) is 0. The molecule has 5 heteroatoms. The van der Waals surface area contributed by atoms with Crippen molar-refractivity contribution in [2.75, 3.05) is 7.11 Å². The lowest BCUT2D eigenvalue weighted by molar-refractivity contribution is -0.126. The van der Waals surface area contributed by atoms with Crippen LogP contribution in [0, 0.1) is 0 Å². The van der Waals surface area contributed by atoms with Crippen molar-refractivity contribution in [3.63, 3.8) is 0 Å². The van der Waals surface area contributed by atoms with Gasteiger partial charge in [-0.15, -0.1) is 9.90 Å². The molecule has 0 radical (unpaired) electrons. The topological polar surface area (TPSA) is 57.0 Å². The van der Waals surface area contributed by atoms with Gasteiger partial charge in [0.05, 0.1) is 13.3 Å². The van der Waals surface area contributed by atoms with Gasteiger partial charge in [0, 0.05) is 0 Å². The Labute approximate surface area is 51.2 Å². The van der Waals surface area contributed by atoms with Crippen LogP contribution in [-0.2, 0) is 9.53 Å². The van der Waals surface area contributed by atoms with Crippen LogP contribution in [0.4, 0.5) is 0 Å². The van der Waals surface area contributed by atoms with E-state index in [0.717, 1.165) is 5.82 Å². The van der Waals surface area contributed by atoms with E-state index in [4.69, 9.17) is 4.79 Å². The third-order valence-corrected chi connectivity index (χ3v) is 0.741. The van der Waals surface area contributed by atoms with Crippen LogP contribution < -0.4 is 0 Å². The van der Waals surface area contributed by atoms with Crippen LogP contribution in [-0.4, -0.2) is 28.6 Å². The van der Waals surface area contributed by atoms with Crippen molar-refractivity contribution in [1.82, 2.24) is 15.0 Å². The molecule has 0 N–H and O–H groups in total. The first kappa shape index (κ1) is 5.74. The Morgan fingerprint density at radius 2 is 2.44 bits per heavy atom. The lowest BCUT2D eigenvalue weighted by Gasteiger charge is -1.73. The van der Waals surface area contributed by atoms with Gasteiger partial charge in [-0.1, -0.05) is 0 Å². The maximum atomic E-state index is 8.95. The van der Waals surface area contributed by atoms with Crippen molar-refractivity contribution in [2.45, 2.75) is 0 Å². The molecule has 0 bridgehead atoms. The van der Waals surface area contributed by atoms with Gasteiger partial charge in [0.1, 0.15) is 0 Å². The highest BCUT2D eigenvalue weighted by Crippen LogP contribution is 2.08. The number of ether oxygens (including phenoxy) is 1. The minimum Gasteiger partial charge on any atom is -0.471 e. The molecule has 0 fully saturated rings. The number of hydrogen-bond acceptors (Lipinski definition) is 4. The van der Waals surface area contributed by atoms with Crippen molar-refractivity contribution < 1.29 is 9.53 Å². The van der Waals surface area contributed by atoms with Crippen LogP contribution in [0.25, 0.3) is 5.82 Å². The first-order valence-electron chi connectivity index (χ1n) is 2.27. The molecule has 5 nitrogen and oxygen atoms in total. The molecule has 0 spiro atoms. The van der Waals surface area contributed by atoms with Crippen LogP contribution in [0.1, 0.15) is 0 Å². The minimum atomic E-state index is 0.375. The smallest absolute Gasteiger partial charge is 0.292 e. The Morgan fingerprint density at radius 3 is 2.44 bits per heavy atom. The number of methoxy groups -OCH3 is 1. The third-order valence-electron chi connectivity index (χ3n) is 0.741. The standard InChI is InChI=1S/C2HN3.C2H4O2/c1-2-4-5(2)3-1;1-4-2-3/h1H;2H,1H3. The molecule has 2 rings (SSSR count). The summed E-state index contributed by atoms with van der Waals surface area (Å²) in [6.07, 6.45) is 1.72. The fraction of sp³-hybridized carbons (Fsp3) is 0.250. The zero-order chi connectivity index (χ0) is 6.69. The second kappa shape index (κ2) is 2.25. The summed E-state index contributed by atoms with van der Waals surface area (Å²) in [5.74, 6) is 1.02. The zero-order valence-electron chi connectivity index (χ0n) is 4.81. The lowest BCUT2D eigenvalue weighted by atomic mass is 10.8. The average Bonchev–Trinajstić information content (AvgIpc) is 2.40. The Hall–Kier alpha value is -1.39. The summed E-state index contributed by atoms with van der Waals surface area (Å²) in [5, 5.41) is 7.34. The maximum Gasteiger partial charge on any atom is 0.292 e. The zero-order valence-corrected chi connectivity index (χ0v) is 4.81. The number of hydrogen-bond donors (Lipinski definition) is 0. The van der Waals surface area contributed by atoms with E-state index in [9.17, 15) is 0 Å². The van der Waals surface area contributed by atoms with E-state index < -0.39 is 0 Å². The van der Waals surface area contributed by atoms with Gasteiger partial charge < -0.3 is 4.74 Å². The summed E-state index contributed by atoms with van der Waals surface area (Å²) in [7, 11) is 1.31. The van der Waals surface area contributed by atoms with Crippen LogP contribution >= 0.6 is 0 Å². The number of aromatic nitrogens is 3. The highest BCUT2D eigenvalue weighted by molar-refractivity contribution is 5.36. The Morgan fingerprint density at radius 1 is 1.89 bits per heavy atom. The molecule has 0 aliphatic carbocycles. The van der Waals surface area contributed by atoms with Crippen molar-refractivity contribution in [1.29, 1.82) is 0 Å². The molecule has 2 heterocycles. The van der Waals surface area contributed by atoms with E-state index in [2.05, 4.69) is 14.9 Å². The third kappa shape index (κ3) is 1.25. The molecule has 0 atom stereocenters. The molecule has 48 valence electrons. The van der Waals surface area contributed by atoms with E-state index in [1.165, 1.54) is 7.11 Å². The Balaban J connectivity index is 0.0000000945. The van der Waals surface area contributed by atoms with Crippen molar-refractivity contribution >= 4 is 6.47 Å². The molecule has 2 aliphatic heterocycles. The molecule has 0 saturated heterocycles. The molecule has 0 amide bonds. The van der Waals surface area contributed by atoms with Crippen LogP contribution in [0.5, 0.6) is 0 Å². The molecule has 2 aliphatic rings. The van der Waals surface area contributed by atoms with Crippen LogP contribution in [0.3, 0.4) is 0 Å². The highest BCUT2D eigenvalue weighted by atomic mass is 16.5. The number of carbonyl (C=O) groups is 1. The summed E-state index contributed by atoms with van der Waals surface area (Å²) in [6.45, 7) is 0.375. The number of nitrogens with zero attached hydrogens (tertiary/aromatic N) is 3. The maximum absolute atomic E-state index is 8.95.